The number of halogens is 1. The van der Waals surface area contributed by atoms with Gasteiger partial charge in [-0.15, -0.1) is 0 Å². The Hall–Kier alpha value is -9.39. The highest BCUT2D eigenvalue weighted by Crippen LogP contribution is 2.60. The molecule has 0 unspecified atom stereocenters. The van der Waals surface area contributed by atoms with Gasteiger partial charge in [-0.2, -0.15) is 0 Å². The van der Waals surface area contributed by atoms with Gasteiger partial charge in [-0.3, -0.25) is 0 Å². The minimum Gasteiger partial charge on any atom is -0.456 e. The highest BCUT2D eigenvalue weighted by Gasteiger charge is 2.38. The van der Waals surface area contributed by atoms with Crippen LogP contribution in [0.15, 0.2) is 233 Å². The van der Waals surface area contributed by atoms with Gasteiger partial charge in [-0.1, -0.05) is 121 Å². The van der Waals surface area contributed by atoms with Gasteiger partial charge in [0.1, 0.15) is 28.1 Å². The van der Waals surface area contributed by atoms with Crippen molar-refractivity contribution in [1.82, 2.24) is 0 Å². The summed E-state index contributed by atoms with van der Waals surface area (Å²) in [7, 11) is 0. The molecule has 0 radical (unpaired) electrons. The van der Waals surface area contributed by atoms with Gasteiger partial charge in [0.05, 0.1) is 28.4 Å². The van der Waals surface area contributed by atoms with Gasteiger partial charge >= 0.3 is 0 Å². The lowest BCUT2D eigenvalue weighted by atomic mass is 9.92. The van der Waals surface area contributed by atoms with Gasteiger partial charge in [-0.25, -0.2) is 4.39 Å². The minimum atomic E-state index is -0.294. The zero-order chi connectivity index (χ0) is 46.0. The Kier molecular flexibility index (Phi) is 8.18. The first-order valence-corrected chi connectivity index (χ1v) is 23.6. The van der Waals surface area contributed by atoms with Crippen LogP contribution in [0.25, 0.3) is 77.1 Å². The summed E-state index contributed by atoms with van der Waals surface area (Å²) in [5.74, 6) is -0.294. The van der Waals surface area contributed by atoms with Crippen LogP contribution in [-0.2, 0) is 0 Å². The largest absolute Gasteiger partial charge is 0.456 e. The number of para-hydroxylation sites is 5. The van der Waals surface area contributed by atoms with Crippen LogP contribution in [0.4, 0.5) is 55.6 Å². The molecule has 0 amide bonds. The van der Waals surface area contributed by atoms with E-state index < -0.39 is 0 Å². The van der Waals surface area contributed by atoms with Crippen LogP contribution in [0.3, 0.4) is 0 Å². The van der Waals surface area contributed by atoms with Crippen molar-refractivity contribution in [1.29, 1.82) is 0 Å². The molecule has 0 aliphatic carbocycles. The maximum absolute atomic E-state index is 16.9. The SMILES string of the molecule is Fc1cccc2c1N1c3ccccc3N(c3ccccc3)c3cc(N(c4ccc5cc6oc7ccccc7c6cc5c4)c4ccc5oc6cc7ccccc7cc6c5c4)cc(c31)C(c1ccccc1)=C2. The molecule has 4 heterocycles. The number of hydrogen-bond acceptors (Lipinski definition) is 5. The van der Waals surface area contributed by atoms with E-state index in [2.05, 4.69) is 197 Å². The monoisotopic (exact) mass is 899 g/mol. The Morgan fingerprint density at radius 3 is 1.80 bits per heavy atom. The summed E-state index contributed by atoms with van der Waals surface area (Å²) in [6.45, 7) is 0. The molecule has 11 aromatic carbocycles. The highest BCUT2D eigenvalue weighted by atomic mass is 19.1. The summed E-state index contributed by atoms with van der Waals surface area (Å²) in [6, 6.07) is 77.9. The summed E-state index contributed by atoms with van der Waals surface area (Å²) in [4.78, 5) is 6.84. The van der Waals surface area contributed by atoms with Crippen LogP contribution in [0.5, 0.6) is 0 Å². The van der Waals surface area contributed by atoms with E-state index in [1.807, 2.05) is 42.5 Å². The Balaban J connectivity index is 1.05. The fraction of sp³-hybridized carbons (Fsp3) is 0. The van der Waals surface area contributed by atoms with E-state index in [1.165, 1.54) is 0 Å². The fourth-order valence-electron chi connectivity index (χ4n) is 11.1. The molecule has 5 nitrogen and oxygen atoms in total. The van der Waals surface area contributed by atoms with Crippen molar-refractivity contribution >= 4 is 128 Å². The summed E-state index contributed by atoms with van der Waals surface area (Å²) < 4.78 is 29.9. The lowest BCUT2D eigenvalue weighted by molar-refractivity contribution is 0.628. The van der Waals surface area contributed by atoms with E-state index in [-0.39, 0.29) is 5.82 Å². The van der Waals surface area contributed by atoms with Crippen LogP contribution >= 0.6 is 0 Å². The zero-order valence-corrected chi connectivity index (χ0v) is 37.5. The highest BCUT2D eigenvalue weighted by molar-refractivity contribution is 6.15. The van der Waals surface area contributed by atoms with Gasteiger partial charge in [-0.05, 0) is 142 Å². The molecular formula is C64H38FN3O2. The molecule has 0 saturated heterocycles. The first kappa shape index (κ1) is 38.7. The summed E-state index contributed by atoms with van der Waals surface area (Å²) in [6.07, 6.45) is 2.16. The van der Waals surface area contributed by atoms with Crippen LogP contribution < -0.4 is 14.7 Å². The van der Waals surface area contributed by atoms with Crippen LogP contribution in [0.2, 0.25) is 0 Å². The van der Waals surface area contributed by atoms with Gasteiger partial charge < -0.3 is 23.5 Å². The summed E-state index contributed by atoms with van der Waals surface area (Å²) >= 11 is 0. The Morgan fingerprint density at radius 1 is 0.371 bits per heavy atom. The first-order valence-electron chi connectivity index (χ1n) is 23.6. The van der Waals surface area contributed by atoms with Gasteiger partial charge in [0, 0.05) is 55.4 Å². The first-order chi connectivity index (χ1) is 34.6. The molecule has 15 rings (SSSR count). The van der Waals surface area contributed by atoms with Crippen LogP contribution in [-0.4, -0.2) is 0 Å². The number of hydrogen-bond donors (Lipinski definition) is 0. The minimum absolute atomic E-state index is 0.294. The Bertz CT molecular complexity index is 4340. The lowest BCUT2D eigenvalue weighted by Crippen LogP contribution is -2.26. The third kappa shape index (κ3) is 5.77. The third-order valence-corrected chi connectivity index (χ3v) is 14.2. The predicted octanol–water partition coefficient (Wildman–Crippen LogP) is 18.6. The normalized spacial score (nSPS) is 13.0. The second-order valence-electron chi connectivity index (χ2n) is 18.2. The molecule has 0 fully saturated rings. The van der Waals surface area contributed by atoms with Crippen LogP contribution in [0.1, 0.15) is 16.7 Å². The molecule has 0 atom stereocenters. The van der Waals surface area contributed by atoms with Gasteiger partial charge in [0.15, 0.2) is 0 Å². The molecule has 0 saturated carbocycles. The molecule has 2 aliphatic heterocycles. The van der Waals surface area contributed by atoms with Crippen LogP contribution in [0, 0.1) is 5.82 Å². The number of benzene rings is 11. The second kappa shape index (κ2) is 14.8. The molecular weight excluding hydrogens is 862 g/mol. The zero-order valence-electron chi connectivity index (χ0n) is 37.5. The topological polar surface area (TPSA) is 36.0 Å². The van der Waals surface area contributed by atoms with Gasteiger partial charge in [0.25, 0.3) is 0 Å². The standard InChI is InChI=1S/C64H38FN3O2/c65-55-22-13-18-43-32-50(39-14-3-1-4-15-39)54-37-48(38-58-64(54)68(63(43)55)57-24-11-10-23-56(57)67(58)45-19-5-2-6-20-45)66(46-27-26-42-35-61-51(33-44(42)30-46)49-21-9-12-25-59(49)69-61)47-28-29-60-53(36-47)52-31-40-16-7-8-17-41(40)34-62(52)70-60/h1-38H. The molecule has 13 aromatic rings. The molecule has 2 aliphatic rings. The van der Waals surface area contributed by atoms with Crippen molar-refractivity contribution in [2.75, 3.05) is 14.7 Å². The average molecular weight is 900 g/mol. The van der Waals surface area contributed by atoms with E-state index in [0.717, 1.165) is 133 Å². The molecule has 0 bridgehead atoms. The molecule has 0 spiro atoms. The number of fused-ring (bicyclic) bond motifs is 12. The average Bonchev–Trinajstić information content (AvgIpc) is 3.90. The molecule has 6 heteroatoms. The second-order valence-corrected chi connectivity index (χ2v) is 18.2. The Labute approximate surface area is 401 Å². The van der Waals surface area contributed by atoms with Crippen molar-refractivity contribution in [2.45, 2.75) is 0 Å². The van der Waals surface area contributed by atoms with Crippen molar-refractivity contribution < 1.29 is 13.2 Å². The van der Waals surface area contributed by atoms with E-state index in [9.17, 15) is 0 Å². The summed E-state index contributed by atoms with van der Waals surface area (Å²) in [5, 5.41) is 8.67. The molecule has 2 aromatic heterocycles. The van der Waals surface area contributed by atoms with E-state index in [0.29, 0.717) is 5.69 Å². The molecule has 70 heavy (non-hydrogen) atoms. The van der Waals surface area contributed by atoms with E-state index in [4.69, 9.17) is 8.83 Å². The number of furan rings is 2. The van der Waals surface area contributed by atoms with E-state index >= 15 is 4.39 Å². The smallest absolute Gasteiger partial charge is 0.147 e. The maximum Gasteiger partial charge on any atom is 0.147 e. The van der Waals surface area contributed by atoms with Gasteiger partial charge in [0.2, 0.25) is 0 Å². The predicted molar refractivity (Wildman–Crippen MR) is 287 cm³/mol. The van der Waals surface area contributed by atoms with Crippen molar-refractivity contribution in [3.63, 3.8) is 0 Å². The maximum atomic E-state index is 16.9. The fourth-order valence-corrected chi connectivity index (χ4v) is 11.1. The number of rotatable bonds is 5. The van der Waals surface area contributed by atoms with Crippen molar-refractivity contribution in [2.24, 2.45) is 0 Å². The number of nitrogens with zero attached hydrogens (tertiary/aromatic N) is 3. The lowest BCUT2D eigenvalue weighted by Gasteiger charge is -2.42. The molecule has 328 valence electrons. The third-order valence-electron chi connectivity index (χ3n) is 14.2. The van der Waals surface area contributed by atoms with Crippen molar-refractivity contribution in [3.8, 4) is 0 Å². The Morgan fingerprint density at radius 2 is 0.986 bits per heavy atom. The quantitative estimate of drug-likeness (QED) is 0.172. The van der Waals surface area contributed by atoms with E-state index in [1.54, 1.807) is 6.07 Å². The molecule has 0 N–H and O–H groups in total. The number of anilines is 9. The summed E-state index contributed by atoms with van der Waals surface area (Å²) in [5.41, 5.74) is 15.1. The van der Waals surface area contributed by atoms with Crippen molar-refractivity contribution in [3.05, 3.63) is 247 Å².